The highest BCUT2D eigenvalue weighted by molar-refractivity contribution is 8.00. The fraction of sp³-hybridized carbons (Fsp3) is 0.917. The quantitative estimate of drug-likeness (QED) is 0.817. The van der Waals surface area contributed by atoms with Crippen LogP contribution in [0.2, 0.25) is 0 Å². The van der Waals surface area contributed by atoms with Crippen LogP contribution >= 0.6 is 11.8 Å². The Kier molecular flexibility index (Phi) is 4.66. The standard InChI is InChI=1S/C12H22N2OS/c1-11(2,15)4-7-14-8-5-12(10-13,16-3)6-9-14/h15H,4-9H2,1-3H3. The van der Waals surface area contributed by atoms with Crippen LogP contribution < -0.4 is 0 Å². The molecule has 0 amide bonds. The number of hydrogen-bond acceptors (Lipinski definition) is 4. The van der Waals surface area contributed by atoms with Crippen LogP contribution in [0.15, 0.2) is 0 Å². The molecule has 0 aromatic heterocycles. The Morgan fingerprint density at radius 1 is 1.44 bits per heavy atom. The molecule has 0 aromatic carbocycles. The number of piperidine rings is 1. The number of thioether (sulfide) groups is 1. The summed E-state index contributed by atoms with van der Waals surface area (Å²) in [5.41, 5.74) is -0.580. The predicted octanol–water partition coefficient (Wildman–Crippen LogP) is 1.87. The van der Waals surface area contributed by atoms with E-state index in [0.29, 0.717) is 0 Å². The zero-order valence-corrected chi connectivity index (χ0v) is 11.3. The van der Waals surface area contributed by atoms with E-state index in [1.54, 1.807) is 11.8 Å². The van der Waals surface area contributed by atoms with Crippen LogP contribution in [0.5, 0.6) is 0 Å². The number of nitriles is 1. The van der Waals surface area contributed by atoms with Gasteiger partial charge in [-0.1, -0.05) is 0 Å². The summed E-state index contributed by atoms with van der Waals surface area (Å²) in [6.07, 6.45) is 4.70. The highest BCUT2D eigenvalue weighted by Crippen LogP contribution is 2.33. The number of nitrogens with zero attached hydrogens (tertiary/aromatic N) is 2. The average molecular weight is 242 g/mol. The maximum atomic E-state index is 9.66. The van der Waals surface area contributed by atoms with Crippen molar-refractivity contribution in [2.45, 2.75) is 43.5 Å². The lowest BCUT2D eigenvalue weighted by molar-refractivity contribution is 0.0543. The summed E-state index contributed by atoms with van der Waals surface area (Å²) >= 11 is 1.68. The van der Waals surface area contributed by atoms with Gasteiger partial charge >= 0.3 is 0 Å². The Morgan fingerprint density at radius 2 is 2.00 bits per heavy atom. The maximum absolute atomic E-state index is 9.66. The van der Waals surface area contributed by atoms with Crippen LogP contribution in [0.4, 0.5) is 0 Å². The highest BCUT2D eigenvalue weighted by atomic mass is 32.2. The Labute approximate surface area is 103 Å². The zero-order valence-electron chi connectivity index (χ0n) is 10.5. The molecule has 1 rings (SSSR count). The minimum absolute atomic E-state index is 0.161. The molecule has 0 spiro atoms. The van der Waals surface area contributed by atoms with Crippen molar-refractivity contribution in [2.24, 2.45) is 0 Å². The van der Waals surface area contributed by atoms with E-state index in [1.165, 1.54) is 0 Å². The molecule has 0 aromatic rings. The SMILES string of the molecule is CSC1(C#N)CCN(CCC(C)(C)O)CC1. The minimum atomic E-state index is -0.580. The summed E-state index contributed by atoms with van der Waals surface area (Å²) in [6, 6.07) is 2.45. The third kappa shape index (κ3) is 3.97. The fourth-order valence-electron chi connectivity index (χ4n) is 1.93. The second-order valence-corrected chi connectivity index (χ2v) is 6.40. The number of rotatable bonds is 4. The van der Waals surface area contributed by atoms with Crippen LogP contribution in [0, 0.1) is 11.3 Å². The van der Waals surface area contributed by atoms with Gasteiger partial charge in [0.15, 0.2) is 0 Å². The lowest BCUT2D eigenvalue weighted by atomic mass is 9.96. The molecule has 1 N–H and O–H groups in total. The molecule has 16 heavy (non-hydrogen) atoms. The van der Waals surface area contributed by atoms with Gasteiger partial charge in [0.1, 0.15) is 4.75 Å². The van der Waals surface area contributed by atoms with E-state index in [2.05, 4.69) is 11.0 Å². The predicted molar refractivity (Wildman–Crippen MR) is 68.4 cm³/mol. The first-order valence-corrected chi connectivity index (χ1v) is 7.04. The summed E-state index contributed by atoms with van der Waals surface area (Å²) in [5, 5.41) is 18.8. The van der Waals surface area contributed by atoms with Crippen molar-refractivity contribution in [3.05, 3.63) is 0 Å². The molecule has 0 bridgehead atoms. The first-order valence-electron chi connectivity index (χ1n) is 5.82. The van der Waals surface area contributed by atoms with Crippen LogP contribution in [-0.2, 0) is 0 Å². The molecule has 1 aliphatic rings. The Hall–Kier alpha value is -0.240. The van der Waals surface area contributed by atoms with Crippen molar-refractivity contribution < 1.29 is 5.11 Å². The molecule has 0 aliphatic carbocycles. The van der Waals surface area contributed by atoms with E-state index in [9.17, 15) is 5.11 Å². The van der Waals surface area contributed by atoms with Gasteiger partial charge in [0.2, 0.25) is 0 Å². The first-order chi connectivity index (χ1) is 7.41. The molecule has 3 nitrogen and oxygen atoms in total. The lowest BCUT2D eigenvalue weighted by Gasteiger charge is -2.37. The van der Waals surface area contributed by atoms with Crippen molar-refractivity contribution in [1.82, 2.24) is 4.90 Å². The van der Waals surface area contributed by atoms with E-state index in [0.717, 1.165) is 38.9 Å². The summed E-state index contributed by atoms with van der Waals surface area (Å²) in [4.78, 5) is 2.35. The lowest BCUT2D eigenvalue weighted by Crippen LogP contribution is -2.43. The van der Waals surface area contributed by atoms with Crippen LogP contribution in [-0.4, -0.2) is 46.2 Å². The van der Waals surface area contributed by atoms with Gasteiger partial charge in [0.05, 0.1) is 11.7 Å². The minimum Gasteiger partial charge on any atom is -0.390 e. The largest absolute Gasteiger partial charge is 0.390 e. The fourth-order valence-corrected chi connectivity index (χ4v) is 2.61. The number of aliphatic hydroxyl groups is 1. The second-order valence-electron chi connectivity index (χ2n) is 5.21. The Morgan fingerprint density at radius 3 is 2.38 bits per heavy atom. The monoisotopic (exact) mass is 242 g/mol. The van der Waals surface area contributed by atoms with Crippen LogP contribution in [0.25, 0.3) is 0 Å². The Balaban J connectivity index is 2.36. The van der Waals surface area contributed by atoms with Crippen molar-refractivity contribution in [3.63, 3.8) is 0 Å². The van der Waals surface area contributed by atoms with Gasteiger partial charge in [-0.3, -0.25) is 0 Å². The topological polar surface area (TPSA) is 47.3 Å². The molecule has 1 fully saturated rings. The smallest absolute Gasteiger partial charge is 0.104 e. The third-order valence-corrected chi connectivity index (χ3v) is 4.58. The molecule has 1 aliphatic heterocycles. The van der Waals surface area contributed by atoms with Gasteiger partial charge in [-0.15, -0.1) is 11.8 Å². The normalized spacial score (nSPS) is 21.7. The molecule has 1 heterocycles. The molecule has 0 radical (unpaired) electrons. The van der Waals surface area contributed by atoms with Gasteiger partial charge in [-0.2, -0.15) is 5.26 Å². The van der Waals surface area contributed by atoms with E-state index in [4.69, 9.17) is 5.26 Å². The van der Waals surface area contributed by atoms with Gasteiger partial charge in [0.25, 0.3) is 0 Å². The molecule has 0 saturated carbocycles. The van der Waals surface area contributed by atoms with E-state index in [-0.39, 0.29) is 4.75 Å². The van der Waals surface area contributed by atoms with Crippen LogP contribution in [0.1, 0.15) is 33.1 Å². The average Bonchev–Trinajstić information content (AvgIpc) is 2.26. The van der Waals surface area contributed by atoms with Gasteiger partial charge < -0.3 is 10.0 Å². The number of hydrogen-bond donors (Lipinski definition) is 1. The molecule has 92 valence electrons. The summed E-state index contributed by atoms with van der Waals surface area (Å²) in [7, 11) is 0. The van der Waals surface area contributed by atoms with Crippen LogP contribution in [0.3, 0.4) is 0 Å². The van der Waals surface area contributed by atoms with Crippen molar-refractivity contribution in [2.75, 3.05) is 25.9 Å². The molecule has 0 unspecified atom stereocenters. The maximum Gasteiger partial charge on any atom is 0.104 e. The van der Waals surface area contributed by atoms with E-state index in [1.807, 2.05) is 20.1 Å². The van der Waals surface area contributed by atoms with Gasteiger partial charge in [0, 0.05) is 19.6 Å². The van der Waals surface area contributed by atoms with Crippen molar-refractivity contribution in [3.8, 4) is 6.07 Å². The highest BCUT2D eigenvalue weighted by Gasteiger charge is 2.33. The molecule has 0 atom stereocenters. The second kappa shape index (κ2) is 5.39. The summed E-state index contributed by atoms with van der Waals surface area (Å²) in [5.74, 6) is 0. The number of likely N-dealkylation sites (tertiary alicyclic amines) is 1. The summed E-state index contributed by atoms with van der Waals surface area (Å²) in [6.45, 7) is 6.57. The zero-order chi connectivity index (χ0) is 12.2. The van der Waals surface area contributed by atoms with Crippen molar-refractivity contribution in [1.29, 1.82) is 5.26 Å². The molecular weight excluding hydrogens is 220 g/mol. The van der Waals surface area contributed by atoms with Crippen molar-refractivity contribution >= 4 is 11.8 Å². The third-order valence-electron chi connectivity index (χ3n) is 3.30. The van der Waals surface area contributed by atoms with E-state index >= 15 is 0 Å². The Bertz CT molecular complexity index is 259. The van der Waals surface area contributed by atoms with E-state index < -0.39 is 5.60 Å². The van der Waals surface area contributed by atoms with Gasteiger partial charge in [-0.25, -0.2) is 0 Å². The summed E-state index contributed by atoms with van der Waals surface area (Å²) < 4.78 is -0.161. The first kappa shape index (κ1) is 13.8. The molecular formula is C12H22N2OS. The molecule has 4 heteroatoms. The van der Waals surface area contributed by atoms with Gasteiger partial charge in [-0.05, 0) is 39.4 Å². The molecule has 1 saturated heterocycles.